The van der Waals surface area contributed by atoms with Crippen molar-refractivity contribution in [2.75, 3.05) is 34.0 Å². The number of aldehydes is 1. The van der Waals surface area contributed by atoms with Crippen LogP contribution in [0.3, 0.4) is 0 Å². The van der Waals surface area contributed by atoms with Gasteiger partial charge < -0.3 is 69.6 Å². The Kier molecular flexibility index (Phi) is 43.9. The van der Waals surface area contributed by atoms with Gasteiger partial charge in [0, 0.05) is 64.9 Å². The summed E-state index contributed by atoms with van der Waals surface area (Å²) < 4.78 is 167. The van der Waals surface area contributed by atoms with E-state index in [2.05, 4.69) is 33.2 Å². The molecule has 5 aromatic carbocycles. The number of benzene rings is 5. The van der Waals surface area contributed by atoms with Crippen LogP contribution in [0.15, 0.2) is 104 Å². The second kappa shape index (κ2) is 48.1. The molecule has 2 saturated heterocycles. The van der Waals surface area contributed by atoms with Crippen molar-refractivity contribution in [3.8, 4) is 0 Å². The summed E-state index contributed by atoms with van der Waals surface area (Å²) >= 11 is 0. The minimum absolute atomic E-state index is 0. The zero-order chi connectivity index (χ0) is 84.5. The van der Waals surface area contributed by atoms with E-state index >= 15 is 0 Å². The van der Waals surface area contributed by atoms with Gasteiger partial charge in [-0.2, -0.15) is 0 Å². The maximum Gasteiger partial charge on any atom is 0.408 e. The van der Waals surface area contributed by atoms with E-state index in [1.165, 1.54) is 57.3 Å². The van der Waals surface area contributed by atoms with Crippen LogP contribution in [0.4, 0.5) is 67.9 Å². The molecule has 0 saturated carbocycles. The Morgan fingerprint density at radius 2 is 0.708 bits per heavy atom. The van der Waals surface area contributed by atoms with E-state index in [0.29, 0.717) is 30.1 Å². The number of alkyl carbamates (subject to hydrolysis) is 5. The molecule has 0 aliphatic carbocycles. The summed E-state index contributed by atoms with van der Waals surface area (Å²) in [5, 5.41) is 22.1. The fourth-order valence-electron chi connectivity index (χ4n) is 9.26. The number of likely N-dealkylation sites (N-methyl/N-ethyl adjacent to an activating group) is 1. The summed E-state index contributed by atoms with van der Waals surface area (Å²) in [6, 6.07) is 10.9. The molecule has 2 aliphatic rings. The number of rotatable bonds is 21. The van der Waals surface area contributed by atoms with Crippen LogP contribution in [0.5, 0.6) is 0 Å². The highest BCUT2D eigenvalue weighted by Gasteiger charge is 2.36. The molecule has 23 nitrogen and oxygen atoms in total. The molecule has 33 heteroatoms. The van der Waals surface area contributed by atoms with Crippen molar-refractivity contribution in [2.24, 2.45) is 0 Å². The van der Waals surface area contributed by atoms with Gasteiger partial charge in [0.1, 0.15) is 111 Å². The summed E-state index contributed by atoms with van der Waals surface area (Å²) in [4.78, 5) is 97.5. The second-order valence-electron chi connectivity index (χ2n) is 30.0. The van der Waals surface area contributed by atoms with Crippen LogP contribution in [0.2, 0.25) is 0 Å². The van der Waals surface area contributed by atoms with E-state index in [1.54, 1.807) is 104 Å². The van der Waals surface area contributed by atoms with Crippen LogP contribution in [-0.4, -0.2) is 157 Å². The van der Waals surface area contributed by atoms with Crippen LogP contribution in [0.25, 0.3) is 0 Å². The number of nitrogens with one attached hydrogen (secondary N) is 5. The highest BCUT2D eigenvalue weighted by molar-refractivity contribution is 5.85. The molecule has 7 rings (SSSR count). The molecule has 0 spiro atoms. The first-order valence-electron chi connectivity index (χ1n) is 34.7. The van der Waals surface area contributed by atoms with E-state index in [1.807, 2.05) is 0 Å². The average Bonchev–Trinajstić information content (AvgIpc) is 1.84. The van der Waals surface area contributed by atoms with Crippen molar-refractivity contribution in [3.63, 3.8) is 0 Å². The minimum atomic E-state index is -1.35. The SMILES string of the molecule is C.C.C1CCOC1.C=CC(Cc1cc(F)cc(F)c1)NC(=O)OC(C)(C)C.CC(C)(C)OC(=O)NC(C=O)Cc1cc(F)cc(F)c1.CC(C)(C)OC(=O)NC(Cc1cc(F)cc(F)c1)C(=O)O.CC(C)(C)OC(=O)NC(Cc1cc(F)cc(F)c1)C1CO1.CON(C)C(=O)C(Cc1cc(F)cc(F)c1)NC(=O)OC(C)(C)C.[2HH]. The number of carboxylic acids is 1. The lowest BCUT2D eigenvalue weighted by molar-refractivity contribution is -0.171. The maximum absolute atomic E-state index is 13.3. The first kappa shape index (κ1) is 103. The van der Waals surface area contributed by atoms with Crippen molar-refractivity contribution < 1.29 is 127 Å². The molecule has 6 atom stereocenters. The van der Waals surface area contributed by atoms with E-state index in [9.17, 15) is 82.3 Å². The van der Waals surface area contributed by atoms with Gasteiger partial charge in [-0.25, -0.2) is 77.7 Å². The van der Waals surface area contributed by atoms with Gasteiger partial charge in [0.2, 0.25) is 0 Å². The third-order valence-electron chi connectivity index (χ3n) is 13.6. The molecule has 0 radical (unpaired) electrons. The van der Waals surface area contributed by atoms with E-state index in [4.69, 9.17) is 43.1 Å². The Balaban J connectivity index is 0. The van der Waals surface area contributed by atoms with E-state index in [0.717, 1.165) is 78.9 Å². The zero-order valence-corrected chi connectivity index (χ0v) is 65.3. The maximum atomic E-state index is 13.3. The quantitative estimate of drug-likeness (QED) is 0.00993. The predicted octanol–water partition coefficient (Wildman–Crippen LogP) is 16.2. The molecule has 6 unspecified atom stereocenters. The summed E-state index contributed by atoms with van der Waals surface area (Å²) in [6.45, 7) is 31.6. The molecule has 5 aromatic rings. The second-order valence-corrected chi connectivity index (χ2v) is 30.0. The largest absolute Gasteiger partial charge is 0.480 e. The highest BCUT2D eigenvalue weighted by Crippen LogP contribution is 2.22. The van der Waals surface area contributed by atoms with Crippen molar-refractivity contribution in [1.82, 2.24) is 31.6 Å². The Morgan fingerprint density at radius 3 is 0.965 bits per heavy atom. The first-order chi connectivity index (χ1) is 51.2. The lowest BCUT2D eigenvalue weighted by Gasteiger charge is -2.25. The molecule has 0 bridgehead atoms. The van der Waals surface area contributed by atoms with Crippen molar-refractivity contribution in [1.29, 1.82) is 0 Å². The number of carbonyl (C=O) groups is 8. The van der Waals surface area contributed by atoms with Crippen LogP contribution < -0.4 is 26.6 Å². The number of carbonyl (C=O) groups excluding carboxylic acids is 7. The van der Waals surface area contributed by atoms with Gasteiger partial charge in [0.25, 0.3) is 5.91 Å². The van der Waals surface area contributed by atoms with E-state index in [-0.39, 0.29) is 77.2 Å². The van der Waals surface area contributed by atoms with Gasteiger partial charge >= 0.3 is 36.4 Å². The summed E-state index contributed by atoms with van der Waals surface area (Å²) in [5.41, 5.74) is -1.94. The Labute approximate surface area is 656 Å². The number of amides is 6. The fraction of sp³-hybridized carbons (Fsp3) is 0.500. The zero-order valence-electron chi connectivity index (χ0n) is 65.3. The van der Waals surface area contributed by atoms with Gasteiger partial charge in [-0.15, -0.1) is 6.58 Å². The monoisotopic (exact) mass is 1620 g/mol. The van der Waals surface area contributed by atoms with Gasteiger partial charge in [-0.05, 0) is 224 Å². The third-order valence-corrected chi connectivity index (χ3v) is 13.6. The summed E-state index contributed by atoms with van der Waals surface area (Å²) in [5.74, 6) is -9.14. The number of epoxide rings is 1. The number of hydroxylamine groups is 2. The molecular formula is C80H112F10N6O17. The summed E-state index contributed by atoms with van der Waals surface area (Å²) in [7, 11) is 2.64. The number of hydrogen-bond donors (Lipinski definition) is 6. The number of aliphatic carboxylic acids is 1. The van der Waals surface area contributed by atoms with Gasteiger partial charge in [0.05, 0.1) is 31.8 Å². The van der Waals surface area contributed by atoms with Gasteiger partial charge in [-0.3, -0.25) is 9.63 Å². The highest BCUT2D eigenvalue weighted by atomic mass is 19.2. The van der Waals surface area contributed by atoms with Crippen LogP contribution in [0, 0.1) is 58.2 Å². The average molecular weight is 1620 g/mol. The lowest BCUT2D eigenvalue weighted by Crippen LogP contribution is -2.49. The van der Waals surface area contributed by atoms with Crippen molar-refractivity contribution in [3.05, 3.63) is 190 Å². The number of nitrogens with zero attached hydrogens (tertiary/aromatic N) is 1. The smallest absolute Gasteiger partial charge is 0.408 e. The molecule has 6 amide bonds. The molecule has 6 N–H and O–H groups in total. The molecule has 113 heavy (non-hydrogen) atoms. The van der Waals surface area contributed by atoms with Crippen LogP contribution in [0.1, 0.15) is 161 Å². The van der Waals surface area contributed by atoms with Crippen LogP contribution in [-0.2, 0) is 84.5 Å². The molecule has 2 heterocycles. The number of halogens is 10. The minimum Gasteiger partial charge on any atom is -0.480 e. The van der Waals surface area contributed by atoms with Crippen molar-refractivity contribution in [2.45, 2.75) is 228 Å². The van der Waals surface area contributed by atoms with Crippen LogP contribution >= 0.6 is 0 Å². The fourth-order valence-corrected chi connectivity index (χ4v) is 9.26. The van der Waals surface area contributed by atoms with Gasteiger partial charge in [-0.1, -0.05) is 20.9 Å². The Morgan fingerprint density at radius 1 is 0.451 bits per heavy atom. The first-order valence-corrected chi connectivity index (χ1v) is 34.7. The number of ether oxygens (including phenoxy) is 7. The normalized spacial score (nSPS) is 14.1. The molecule has 2 aliphatic heterocycles. The molecular weight excluding hydrogens is 1510 g/mol. The predicted molar refractivity (Wildman–Crippen MR) is 405 cm³/mol. The van der Waals surface area contributed by atoms with Crippen molar-refractivity contribution >= 4 is 48.6 Å². The third kappa shape index (κ3) is 48.5. The standard InChI is InChI=1S/C16H22F2N2O4.C15H19F2NO3.C15H19F2NO2.C14H17F2NO4.C14H17F2NO3.C4H8O.2CH4.H2/c1-16(2,3)24-15(22)19-13(14(21)20(4)23-5)8-10-6-11(17)9-12(18)7-10;1-15(2,3)21-14(19)18-12(13-8-20-13)6-9-4-10(16)7-11(17)5-9;1-5-13(18-14(19)20-15(2,3)4)8-10-6-11(16)9-12(17)7-10;1-14(2,3)21-13(20)17-11(12(18)19)6-8-4-9(15)7-10(16)5-8;1-14(2,3)20-13(19)17-12(8-18)6-9-4-10(15)7-11(16)5-9;1-2-4-5-3-1;;;/h6-7,9,13H,8H2,1-5H3,(H,19,22);4-5,7,12-13H,6,8H2,1-3H3,(H,18,19);5-7,9,13H,1,8H2,2-4H3,(H,18,19);4-5,7,11H,6H2,1-3H3,(H,17,20)(H,18,19);4-5,7-8,12H,6H2,1-3H3,(H,17,19);1-4H2;2*1H4;1H/i;;;;;;;;1+1. The Bertz CT molecular complexity index is 3680. The number of carboxylic acid groups (broad SMARTS) is 1. The summed E-state index contributed by atoms with van der Waals surface area (Å²) in [6.07, 6.45) is 0.847. The van der Waals surface area contributed by atoms with Gasteiger partial charge in [0.15, 0.2) is 0 Å². The number of hydrogen-bond acceptors (Lipinski definition) is 16. The molecule has 2 fully saturated rings. The molecule has 634 valence electrons. The topological polar surface area (TPSA) is 297 Å². The lowest BCUT2D eigenvalue weighted by atomic mass is 10.0. The Hall–Kier alpha value is -10.0. The van der Waals surface area contributed by atoms with E-state index < -0.39 is 153 Å². The molecule has 0 aromatic heterocycles.